The zero-order valence-corrected chi connectivity index (χ0v) is 31.9. The standard InChI is InChI=1S/C32H42N8O6S4/c1-13(2)7-17-31-37-19(9-47-31)25(41)35-22-12-50-49-11-21(29-39-23(15(5)45-29)27(43)33-17)36-26(42)20-10-48-32(38-20)18(8-14(3)4)34-28(44)24-16(6)46-30(22)40-24/h9-10,13-18,21-24H,7-8,11-12H2,1-6H3,(H,33,43)(H,34,44)(H,35,41)(H,36,42)/t15-,16-,17-,18-,21+,22+,23+,24?/m1/s1. The lowest BCUT2D eigenvalue weighted by atomic mass is 10.0. The number of amides is 4. The van der Waals surface area contributed by atoms with E-state index in [2.05, 4.69) is 31.2 Å². The van der Waals surface area contributed by atoms with Crippen LogP contribution in [0.25, 0.3) is 0 Å². The van der Waals surface area contributed by atoms with Gasteiger partial charge in [0.25, 0.3) is 11.8 Å². The maximum atomic E-state index is 13.7. The topological polar surface area (TPSA) is 185 Å². The van der Waals surface area contributed by atoms with Crippen LogP contribution in [0.4, 0.5) is 0 Å². The van der Waals surface area contributed by atoms with Gasteiger partial charge in [-0.15, -0.1) is 22.7 Å². The number of hydrogen-bond donors (Lipinski definition) is 4. The summed E-state index contributed by atoms with van der Waals surface area (Å²) in [7, 11) is 2.86. The van der Waals surface area contributed by atoms with Crippen molar-refractivity contribution in [3.05, 3.63) is 32.2 Å². The number of ether oxygens (including phenoxy) is 2. The largest absolute Gasteiger partial charge is 0.474 e. The highest BCUT2D eigenvalue weighted by Crippen LogP contribution is 2.31. The quantitative estimate of drug-likeness (QED) is 0.335. The number of nitrogens with one attached hydrogen (secondary N) is 4. The lowest BCUT2D eigenvalue weighted by molar-refractivity contribution is -0.125. The highest BCUT2D eigenvalue weighted by atomic mass is 33.1. The van der Waals surface area contributed by atoms with E-state index in [1.165, 1.54) is 44.3 Å². The molecule has 4 amide bonds. The zero-order chi connectivity index (χ0) is 35.7. The van der Waals surface area contributed by atoms with Crippen molar-refractivity contribution in [3.63, 3.8) is 0 Å². The first-order chi connectivity index (χ1) is 23.9. The molecule has 2 aromatic heterocycles. The van der Waals surface area contributed by atoms with Gasteiger partial charge >= 0.3 is 0 Å². The molecule has 8 atom stereocenters. The number of thiazole rings is 2. The SMILES string of the molecule is CC(C)C[C@H]1NC(=O)C2N=C(O[C@@H]2C)[C@@H]2CSSC[C@H](NC(=O)c3csc1n3)C1=N[C@H](C(=O)N[C@H](CC(C)C)c3nc(cs3)C(=O)N2)[C@@H](C)O1. The van der Waals surface area contributed by atoms with Crippen molar-refractivity contribution in [1.82, 2.24) is 31.2 Å². The van der Waals surface area contributed by atoms with Crippen LogP contribution in [0.2, 0.25) is 0 Å². The number of fused-ring (bicyclic) bond motifs is 13. The van der Waals surface area contributed by atoms with Gasteiger partial charge in [-0.25, -0.2) is 20.0 Å². The van der Waals surface area contributed by atoms with Gasteiger partial charge in [0.05, 0.1) is 12.1 Å². The predicted molar refractivity (Wildman–Crippen MR) is 196 cm³/mol. The lowest BCUT2D eigenvalue weighted by Gasteiger charge is -2.22. The Morgan fingerprint density at radius 3 is 1.46 bits per heavy atom. The smallest absolute Gasteiger partial charge is 0.271 e. The fourth-order valence-corrected chi connectivity index (χ4v) is 10.0. The summed E-state index contributed by atoms with van der Waals surface area (Å²) in [6.07, 6.45) is 0.0196. The molecule has 0 fully saturated rings. The molecule has 0 saturated heterocycles. The Bertz CT molecular complexity index is 1560. The van der Waals surface area contributed by atoms with Crippen LogP contribution in [0, 0.1) is 11.8 Å². The molecule has 0 aliphatic carbocycles. The van der Waals surface area contributed by atoms with E-state index in [4.69, 9.17) is 19.5 Å². The van der Waals surface area contributed by atoms with E-state index in [0.29, 0.717) is 34.4 Å². The summed E-state index contributed by atoms with van der Waals surface area (Å²) in [6.45, 7) is 11.8. The van der Waals surface area contributed by atoms with Crippen LogP contribution in [0.3, 0.4) is 0 Å². The van der Waals surface area contributed by atoms with Crippen molar-refractivity contribution in [2.24, 2.45) is 21.8 Å². The summed E-state index contributed by atoms with van der Waals surface area (Å²) >= 11 is 2.59. The van der Waals surface area contributed by atoms with Gasteiger partial charge in [-0.3, -0.25) is 19.2 Å². The minimum atomic E-state index is -0.847. The summed E-state index contributed by atoms with van der Waals surface area (Å²) in [5.74, 6) is 0.109. The van der Waals surface area contributed by atoms with Crippen LogP contribution in [-0.4, -0.2) is 93.3 Å². The first kappa shape index (κ1) is 36.6. The monoisotopic (exact) mass is 762 g/mol. The summed E-state index contributed by atoms with van der Waals surface area (Å²) in [5.41, 5.74) is 0.415. The van der Waals surface area contributed by atoms with Crippen molar-refractivity contribution in [1.29, 1.82) is 0 Å². The van der Waals surface area contributed by atoms with Crippen molar-refractivity contribution in [2.75, 3.05) is 11.5 Å². The molecule has 1 unspecified atom stereocenters. The summed E-state index contributed by atoms with van der Waals surface area (Å²) in [6, 6.07) is -3.99. The van der Waals surface area contributed by atoms with Crippen LogP contribution in [0.5, 0.6) is 0 Å². The normalized spacial score (nSPS) is 30.6. The van der Waals surface area contributed by atoms with Crippen LogP contribution >= 0.6 is 44.3 Å². The van der Waals surface area contributed by atoms with E-state index in [0.717, 1.165) is 0 Å². The maximum Gasteiger partial charge on any atom is 0.271 e. The van der Waals surface area contributed by atoms with Gasteiger partial charge in [-0.05, 0) is 38.5 Å². The first-order valence-corrected chi connectivity index (χ1v) is 21.0. The predicted octanol–water partition coefficient (Wildman–Crippen LogP) is 3.68. The van der Waals surface area contributed by atoms with Crippen molar-refractivity contribution < 1.29 is 28.7 Å². The Balaban J connectivity index is 1.42. The van der Waals surface area contributed by atoms with E-state index in [1.54, 1.807) is 24.6 Å². The van der Waals surface area contributed by atoms with Crippen LogP contribution in [0.15, 0.2) is 20.7 Å². The molecule has 0 saturated carbocycles. The van der Waals surface area contributed by atoms with E-state index < -0.39 is 60.3 Å². The van der Waals surface area contributed by atoms with E-state index in [1.807, 2.05) is 27.7 Å². The Morgan fingerprint density at radius 1 is 0.680 bits per heavy atom. The van der Waals surface area contributed by atoms with Crippen molar-refractivity contribution in [3.8, 4) is 0 Å². The molecule has 2 aromatic rings. The Labute approximate surface area is 306 Å². The molecule has 6 heterocycles. The second-order valence-electron chi connectivity index (χ2n) is 13.6. The molecule has 6 rings (SSSR count). The molecule has 0 radical (unpaired) electrons. The molecule has 0 spiro atoms. The van der Waals surface area contributed by atoms with Crippen LogP contribution < -0.4 is 21.3 Å². The van der Waals surface area contributed by atoms with Gasteiger partial charge < -0.3 is 30.7 Å². The van der Waals surface area contributed by atoms with Gasteiger partial charge in [-0.1, -0.05) is 49.3 Å². The second-order valence-corrected chi connectivity index (χ2v) is 17.9. The minimum Gasteiger partial charge on any atom is -0.474 e. The van der Waals surface area contributed by atoms with Gasteiger partial charge in [0.15, 0.2) is 12.1 Å². The third-order valence-electron chi connectivity index (χ3n) is 8.48. The van der Waals surface area contributed by atoms with Gasteiger partial charge in [-0.2, -0.15) is 0 Å². The highest BCUT2D eigenvalue weighted by molar-refractivity contribution is 8.76. The summed E-state index contributed by atoms with van der Waals surface area (Å²) in [5, 5.41) is 16.8. The molecule has 10 bridgehead atoms. The molecule has 0 aromatic carbocycles. The second kappa shape index (κ2) is 15.6. The number of aliphatic imine (C=N–C) groups is 2. The molecule has 270 valence electrons. The lowest BCUT2D eigenvalue weighted by Crippen LogP contribution is -2.44. The Kier molecular flexibility index (Phi) is 11.4. The summed E-state index contributed by atoms with van der Waals surface area (Å²) < 4.78 is 12.3. The molecule has 4 N–H and O–H groups in total. The average molecular weight is 763 g/mol. The zero-order valence-electron chi connectivity index (χ0n) is 28.6. The fraction of sp³-hybridized carbons (Fsp3) is 0.625. The molecular formula is C32H42N8O6S4. The number of hydrogen-bond acceptors (Lipinski definition) is 14. The van der Waals surface area contributed by atoms with E-state index in [9.17, 15) is 19.2 Å². The van der Waals surface area contributed by atoms with Crippen molar-refractivity contribution in [2.45, 2.75) is 103 Å². The number of rotatable bonds is 4. The fourth-order valence-electron chi connectivity index (χ4n) is 5.99. The van der Waals surface area contributed by atoms with Gasteiger partial charge in [0, 0.05) is 22.3 Å². The minimum absolute atomic E-state index is 0.208. The number of carbonyl (C=O) groups excluding carboxylic acids is 4. The van der Waals surface area contributed by atoms with Crippen molar-refractivity contribution >= 4 is 79.7 Å². The third-order valence-corrected chi connectivity index (χ3v) is 12.8. The Hall–Kier alpha value is -3.22. The van der Waals surface area contributed by atoms with Gasteiger partial charge in [0.2, 0.25) is 23.6 Å². The maximum absolute atomic E-state index is 13.7. The molecule has 50 heavy (non-hydrogen) atoms. The molecular weight excluding hydrogens is 721 g/mol. The third kappa shape index (κ3) is 8.29. The highest BCUT2D eigenvalue weighted by Gasteiger charge is 2.41. The summed E-state index contributed by atoms with van der Waals surface area (Å²) in [4.78, 5) is 73.5. The number of carbonyl (C=O) groups is 4. The molecule has 18 heteroatoms. The van der Waals surface area contributed by atoms with E-state index in [-0.39, 0.29) is 46.8 Å². The van der Waals surface area contributed by atoms with E-state index >= 15 is 0 Å². The average Bonchev–Trinajstić information content (AvgIpc) is 3.86. The first-order valence-electron chi connectivity index (χ1n) is 16.7. The molecule has 4 aliphatic rings. The van der Waals surface area contributed by atoms with Gasteiger partial charge in [0.1, 0.15) is 45.7 Å². The molecule has 14 nitrogen and oxygen atoms in total. The molecule has 4 aliphatic heterocycles. The number of aromatic nitrogens is 2. The van der Waals surface area contributed by atoms with Crippen LogP contribution in [-0.2, 0) is 19.1 Å². The Morgan fingerprint density at radius 2 is 1.08 bits per heavy atom. The van der Waals surface area contributed by atoms with Crippen LogP contribution in [0.1, 0.15) is 97.5 Å². The number of nitrogens with zero attached hydrogens (tertiary/aromatic N) is 4.